The third-order valence-electron chi connectivity index (χ3n) is 5.68. The van der Waals surface area contributed by atoms with Crippen molar-refractivity contribution >= 4 is 26.5 Å². The first-order chi connectivity index (χ1) is 20.1. The Morgan fingerprint density at radius 2 is 1.09 bits per heavy atom. The van der Waals surface area contributed by atoms with Crippen molar-refractivity contribution in [2.45, 2.75) is 73.1 Å². The summed E-state index contributed by atoms with van der Waals surface area (Å²) in [6.07, 6.45) is 13.8. The van der Waals surface area contributed by atoms with Gasteiger partial charge in [0.2, 0.25) is 19.3 Å². The maximum atomic E-state index is 7.32. The van der Waals surface area contributed by atoms with Crippen molar-refractivity contribution in [2.75, 3.05) is 26.7 Å². The standard InChI is InChI=1S/C15H25N4.2C8H11P.2C2H3N.3HI.Pd/c1-14(2,3)18-9-7-16(12-18)11-17-8-10-19(13-17)15(4,5)6;2*1-9(2)8-6-4-3-5-7-8;2*1-2-3;;;;/h7-10,12H,11H2,1-6H3;2*3-7H,1-2H3;2*1H3;3*1H;/q+1;;;;;;;;+2/p-3. The number of rotatable bonds is 4. The quantitative estimate of drug-likeness (QED) is 0.0772. The van der Waals surface area contributed by atoms with Crippen LogP contribution in [-0.4, -0.2) is 35.8 Å². The Labute approximate surface area is 354 Å². The molecular formula is C35H53I3N6P2Pd. The summed E-state index contributed by atoms with van der Waals surface area (Å²) >= 11 is 0. The Bertz CT molecular complexity index is 1260. The van der Waals surface area contributed by atoms with E-state index in [4.69, 9.17) is 10.5 Å². The van der Waals surface area contributed by atoms with Crippen LogP contribution in [0.1, 0.15) is 55.4 Å². The molecule has 0 radical (unpaired) electrons. The number of aromatic nitrogens is 4. The molecule has 0 saturated carbocycles. The first kappa shape index (κ1) is 55.9. The van der Waals surface area contributed by atoms with Gasteiger partial charge in [0, 0.05) is 13.8 Å². The second-order valence-corrected chi connectivity index (χ2v) is 16.6. The largest absolute Gasteiger partial charge is 2.00 e. The van der Waals surface area contributed by atoms with Gasteiger partial charge in [-0.05, 0) is 91.2 Å². The third kappa shape index (κ3) is 26.1. The van der Waals surface area contributed by atoms with E-state index in [0.717, 1.165) is 6.67 Å². The van der Waals surface area contributed by atoms with Crippen LogP contribution in [0.2, 0.25) is 0 Å². The van der Waals surface area contributed by atoms with E-state index in [1.54, 1.807) is 12.1 Å². The van der Waals surface area contributed by atoms with Crippen molar-refractivity contribution in [3.63, 3.8) is 0 Å². The number of nitrogens with zero attached hydrogens (tertiary/aromatic N) is 6. The van der Waals surface area contributed by atoms with Gasteiger partial charge in [0.05, 0.1) is 17.7 Å². The Morgan fingerprint density at radius 3 is 1.34 bits per heavy atom. The molecule has 4 rings (SSSR count). The molecule has 47 heavy (non-hydrogen) atoms. The van der Waals surface area contributed by atoms with Crippen LogP contribution in [0.25, 0.3) is 0 Å². The predicted molar refractivity (Wildman–Crippen MR) is 186 cm³/mol. The Balaban J connectivity index is -0.000000179. The molecule has 0 atom stereocenters. The second-order valence-electron chi connectivity index (χ2n) is 12.0. The van der Waals surface area contributed by atoms with E-state index in [1.165, 1.54) is 24.5 Å². The molecule has 0 saturated heterocycles. The summed E-state index contributed by atoms with van der Waals surface area (Å²) in [6, 6.07) is 24.7. The summed E-state index contributed by atoms with van der Waals surface area (Å²) in [5.41, 5.74) is 0.199. The minimum absolute atomic E-state index is 0. The number of hydrogen-bond acceptors (Lipinski definition) is 2. The van der Waals surface area contributed by atoms with E-state index in [9.17, 15) is 0 Å². The average Bonchev–Trinajstić information content (AvgIpc) is 3.62. The molecular weight excluding hydrogens is 1050 g/mol. The fourth-order valence-corrected chi connectivity index (χ4v) is 4.84. The van der Waals surface area contributed by atoms with Crippen LogP contribution in [-0.2, 0) is 38.2 Å². The summed E-state index contributed by atoms with van der Waals surface area (Å²) in [6.45, 7) is 25.9. The smallest absolute Gasteiger partial charge is 1.00 e. The van der Waals surface area contributed by atoms with Crippen LogP contribution >= 0.6 is 15.8 Å². The van der Waals surface area contributed by atoms with Gasteiger partial charge >= 0.3 is 20.4 Å². The number of hydrogen-bond donors (Lipinski definition) is 0. The summed E-state index contributed by atoms with van der Waals surface area (Å²) in [7, 11) is 0.209. The minimum Gasteiger partial charge on any atom is -1.00 e. The predicted octanol–water partition coefficient (Wildman–Crippen LogP) is -2.14. The van der Waals surface area contributed by atoms with Crippen LogP contribution in [0, 0.1) is 29.0 Å². The number of nitriles is 2. The molecule has 2 aromatic heterocycles. The molecule has 2 heterocycles. The van der Waals surface area contributed by atoms with Gasteiger partial charge in [-0.1, -0.05) is 76.5 Å². The van der Waals surface area contributed by atoms with Crippen molar-refractivity contribution in [3.8, 4) is 12.1 Å². The van der Waals surface area contributed by atoms with Crippen molar-refractivity contribution in [3.05, 3.63) is 98.1 Å². The Morgan fingerprint density at radius 1 is 0.702 bits per heavy atom. The van der Waals surface area contributed by atoms with Crippen LogP contribution < -0.4 is 91.7 Å². The first-order valence-electron chi connectivity index (χ1n) is 14.2. The molecule has 0 aliphatic carbocycles. The zero-order valence-corrected chi connectivity index (χ0v) is 39.7. The summed E-state index contributed by atoms with van der Waals surface area (Å²) < 4.78 is 8.55. The van der Waals surface area contributed by atoms with E-state index >= 15 is 0 Å². The average molecular weight is 1110 g/mol. The van der Waals surface area contributed by atoms with Gasteiger partial charge in [0.15, 0.2) is 0 Å². The SMILES string of the molecule is CC#N.CC#N.CC(C)(C)n1cc[n+](Cn2[c-][n+](C(C)(C)C)cc2)c1.CP(C)c1ccccc1.CP(C)c1ccccc1.[I-].[I-].[I-].[Pd+2]. The summed E-state index contributed by atoms with van der Waals surface area (Å²) in [4.78, 5) is 0. The van der Waals surface area contributed by atoms with Gasteiger partial charge in [-0.2, -0.15) is 10.5 Å². The van der Waals surface area contributed by atoms with Gasteiger partial charge in [0.25, 0.3) is 0 Å². The fourth-order valence-electron chi connectivity index (χ4n) is 3.31. The molecule has 0 unspecified atom stereocenters. The van der Waals surface area contributed by atoms with Crippen molar-refractivity contribution in [1.82, 2.24) is 9.13 Å². The van der Waals surface area contributed by atoms with Crippen molar-refractivity contribution in [2.24, 2.45) is 0 Å². The molecule has 0 amide bonds. The van der Waals surface area contributed by atoms with Gasteiger partial charge in [-0.3, -0.25) is 0 Å². The molecule has 0 N–H and O–H groups in total. The van der Waals surface area contributed by atoms with Crippen molar-refractivity contribution < 1.29 is 101 Å². The second kappa shape index (κ2) is 30.4. The molecule has 0 bridgehead atoms. The maximum Gasteiger partial charge on any atom is 2.00 e. The normalized spacial score (nSPS) is 9.45. The monoisotopic (exact) mass is 1110 g/mol. The topological polar surface area (TPSA) is 65.2 Å². The van der Waals surface area contributed by atoms with E-state index in [1.807, 2.05) is 0 Å². The first-order valence-corrected chi connectivity index (χ1v) is 18.7. The zero-order valence-electron chi connectivity index (χ0n) is 29.9. The molecule has 4 aromatic rings. The van der Waals surface area contributed by atoms with Gasteiger partial charge in [-0.15, -0.1) is 0 Å². The zero-order chi connectivity index (χ0) is 33.1. The van der Waals surface area contributed by atoms with Gasteiger partial charge < -0.3 is 81.1 Å². The molecule has 0 spiro atoms. The maximum absolute atomic E-state index is 7.32. The van der Waals surface area contributed by atoms with E-state index in [0.29, 0.717) is 0 Å². The van der Waals surface area contributed by atoms with E-state index < -0.39 is 0 Å². The third-order valence-corrected chi connectivity index (χ3v) is 8.34. The minimum atomic E-state index is 0. The molecule has 0 aliphatic rings. The van der Waals surface area contributed by atoms with Gasteiger partial charge in [-0.25, -0.2) is 9.13 Å². The molecule has 6 nitrogen and oxygen atoms in total. The Kier molecular flexibility index (Phi) is 36.2. The molecule has 0 aliphatic heterocycles. The summed E-state index contributed by atoms with van der Waals surface area (Å²) in [5, 5.41) is 17.6. The molecule has 12 heteroatoms. The van der Waals surface area contributed by atoms with E-state index in [2.05, 4.69) is 185 Å². The number of halogens is 3. The van der Waals surface area contributed by atoms with Gasteiger partial charge in [0.1, 0.15) is 17.9 Å². The summed E-state index contributed by atoms with van der Waals surface area (Å²) in [5.74, 6) is 0. The van der Waals surface area contributed by atoms with Crippen LogP contribution in [0.15, 0.2) is 91.8 Å². The van der Waals surface area contributed by atoms with E-state index in [-0.39, 0.29) is 119 Å². The van der Waals surface area contributed by atoms with Crippen LogP contribution in [0.3, 0.4) is 0 Å². The molecule has 264 valence electrons. The number of imidazole rings is 2. The Hall–Kier alpha value is -0.448. The van der Waals surface area contributed by atoms with Crippen LogP contribution in [0.5, 0.6) is 0 Å². The molecule has 0 fully saturated rings. The number of benzene rings is 2. The fraction of sp³-hybridized carbons (Fsp3) is 0.429. The molecule has 2 aromatic carbocycles. The van der Waals surface area contributed by atoms with Crippen molar-refractivity contribution in [1.29, 1.82) is 10.5 Å². The van der Waals surface area contributed by atoms with Crippen LogP contribution in [0.4, 0.5) is 0 Å².